The summed E-state index contributed by atoms with van der Waals surface area (Å²) < 4.78 is 6.04. The topological polar surface area (TPSA) is 49.7 Å². The van der Waals surface area contributed by atoms with Crippen molar-refractivity contribution in [2.24, 2.45) is 11.8 Å². The summed E-state index contributed by atoms with van der Waals surface area (Å²) in [5.41, 5.74) is 1.02. The molecule has 6 unspecified atom stereocenters. The van der Waals surface area contributed by atoms with Gasteiger partial charge in [-0.2, -0.15) is 0 Å². The highest BCUT2D eigenvalue weighted by molar-refractivity contribution is 5.15. The fraction of sp³-hybridized carbons (Fsp3) is 0.857. The molecular formula is C14H24O3. The van der Waals surface area contributed by atoms with E-state index in [1.54, 1.807) is 0 Å². The number of ether oxygens (including phenoxy) is 1. The maximum Gasteiger partial charge on any atom is 0.0794 e. The van der Waals surface area contributed by atoms with Crippen LogP contribution in [0.15, 0.2) is 11.6 Å². The summed E-state index contributed by atoms with van der Waals surface area (Å²) in [5, 5.41) is 19.3. The van der Waals surface area contributed by atoms with Crippen LogP contribution in [0.1, 0.15) is 40.0 Å². The Bertz CT molecular complexity index is 298. The SMILES string of the molecule is CC1=CC2OC(CC(C)O)CC(C)C2CC1O. The molecule has 98 valence electrons. The second-order valence-corrected chi connectivity index (χ2v) is 5.85. The number of hydrogen-bond donors (Lipinski definition) is 2. The first-order valence-electron chi connectivity index (χ1n) is 6.67. The number of aliphatic hydroxyl groups is 2. The quantitative estimate of drug-likeness (QED) is 0.725. The third kappa shape index (κ3) is 2.90. The van der Waals surface area contributed by atoms with Crippen molar-refractivity contribution in [2.45, 2.75) is 64.4 Å². The number of aliphatic hydroxyl groups excluding tert-OH is 2. The van der Waals surface area contributed by atoms with Gasteiger partial charge in [-0.25, -0.2) is 0 Å². The summed E-state index contributed by atoms with van der Waals surface area (Å²) in [4.78, 5) is 0. The largest absolute Gasteiger partial charge is 0.393 e. The number of rotatable bonds is 2. The molecule has 2 aliphatic rings. The van der Waals surface area contributed by atoms with Gasteiger partial charge in [-0.1, -0.05) is 13.0 Å². The minimum Gasteiger partial charge on any atom is -0.393 e. The standard InChI is InChI=1S/C14H24O3/c1-8-4-11(6-10(3)15)17-14-5-9(2)13(16)7-12(8)14/h5,8,10-16H,4,6-7H2,1-3H3. The molecule has 1 aliphatic heterocycles. The lowest BCUT2D eigenvalue weighted by molar-refractivity contribution is -0.109. The lowest BCUT2D eigenvalue weighted by atomic mass is 9.74. The van der Waals surface area contributed by atoms with Crippen LogP contribution in [0.4, 0.5) is 0 Å². The smallest absolute Gasteiger partial charge is 0.0794 e. The van der Waals surface area contributed by atoms with Crippen molar-refractivity contribution < 1.29 is 14.9 Å². The fourth-order valence-corrected chi connectivity index (χ4v) is 3.17. The summed E-state index contributed by atoms with van der Waals surface area (Å²) in [6.07, 6.45) is 4.28. The molecule has 1 heterocycles. The van der Waals surface area contributed by atoms with Crippen molar-refractivity contribution in [2.75, 3.05) is 0 Å². The van der Waals surface area contributed by atoms with Gasteiger partial charge in [0.05, 0.1) is 24.4 Å². The minimum absolute atomic E-state index is 0.130. The molecule has 0 amide bonds. The summed E-state index contributed by atoms with van der Waals surface area (Å²) >= 11 is 0. The van der Waals surface area contributed by atoms with E-state index in [1.807, 2.05) is 13.8 Å². The molecule has 0 bridgehead atoms. The highest BCUT2D eigenvalue weighted by Crippen LogP contribution is 2.39. The highest BCUT2D eigenvalue weighted by atomic mass is 16.5. The molecule has 1 saturated heterocycles. The van der Waals surface area contributed by atoms with E-state index in [9.17, 15) is 10.2 Å². The molecule has 17 heavy (non-hydrogen) atoms. The van der Waals surface area contributed by atoms with E-state index in [4.69, 9.17) is 4.74 Å². The van der Waals surface area contributed by atoms with Crippen molar-refractivity contribution in [1.82, 2.24) is 0 Å². The molecule has 0 aromatic carbocycles. The van der Waals surface area contributed by atoms with Gasteiger partial charge in [0.1, 0.15) is 0 Å². The fourth-order valence-electron chi connectivity index (χ4n) is 3.17. The van der Waals surface area contributed by atoms with Gasteiger partial charge in [0.15, 0.2) is 0 Å². The second-order valence-electron chi connectivity index (χ2n) is 5.85. The Kier molecular flexibility index (Phi) is 3.91. The van der Waals surface area contributed by atoms with Crippen LogP contribution in [0.3, 0.4) is 0 Å². The van der Waals surface area contributed by atoms with Crippen LogP contribution in [0.5, 0.6) is 0 Å². The summed E-state index contributed by atoms with van der Waals surface area (Å²) in [7, 11) is 0. The zero-order valence-electron chi connectivity index (χ0n) is 11.0. The van der Waals surface area contributed by atoms with Gasteiger partial charge in [0.25, 0.3) is 0 Å². The van der Waals surface area contributed by atoms with Gasteiger partial charge in [-0.15, -0.1) is 0 Å². The molecule has 0 spiro atoms. The molecule has 6 atom stereocenters. The summed E-state index contributed by atoms with van der Waals surface area (Å²) in [6, 6.07) is 0. The van der Waals surface area contributed by atoms with E-state index in [1.165, 1.54) is 0 Å². The summed E-state index contributed by atoms with van der Waals surface area (Å²) in [5.74, 6) is 0.982. The van der Waals surface area contributed by atoms with Crippen molar-refractivity contribution in [3.8, 4) is 0 Å². The minimum atomic E-state index is -0.303. The first-order chi connectivity index (χ1) is 7.97. The van der Waals surface area contributed by atoms with Gasteiger partial charge in [0, 0.05) is 0 Å². The third-order valence-corrected chi connectivity index (χ3v) is 4.19. The Morgan fingerprint density at radius 3 is 2.82 bits per heavy atom. The van der Waals surface area contributed by atoms with Crippen molar-refractivity contribution in [3.05, 3.63) is 11.6 Å². The monoisotopic (exact) mass is 240 g/mol. The first-order valence-corrected chi connectivity index (χ1v) is 6.67. The predicted octanol–water partition coefficient (Wildman–Crippen LogP) is 1.88. The molecule has 0 radical (unpaired) electrons. The molecule has 0 aromatic rings. The molecule has 1 aliphatic carbocycles. The average molecular weight is 240 g/mol. The molecule has 3 nitrogen and oxygen atoms in total. The number of hydrogen-bond acceptors (Lipinski definition) is 3. The molecule has 1 fully saturated rings. The van der Waals surface area contributed by atoms with E-state index in [2.05, 4.69) is 13.0 Å². The normalized spacial score (nSPS) is 43.8. The molecule has 2 N–H and O–H groups in total. The lowest BCUT2D eigenvalue weighted by Gasteiger charge is -2.43. The second kappa shape index (κ2) is 5.09. The third-order valence-electron chi connectivity index (χ3n) is 4.19. The Balaban J connectivity index is 2.07. The maximum absolute atomic E-state index is 9.88. The Labute approximate surface area is 103 Å². The lowest BCUT2D eigenvalue weighted by Crippen LogP contribution is -2.44. The first kappa shape index (κ1) is 13.1. The molecule has 0 aromatic heterocycles. The molecule has 0 saturated carbocycles. The molecule has 3 heteroatoms. The van der Waals surface area contributed by atoms with E-state index in [-0.39, 0.29) is 24.4 Å². The zero-order valence-corrected chi connectivity index (χ0v) is 11.0. The molecular weight excluding hydrogens is 216 g/mol. The van der Waals surface area contributed by atoms with E-state index >= 15 is 0 Å². The van der Waals surface area contributed by atoms with Crippen LogP contribution >= 0.6 is 0 Å². The zero-order chi connectivity index (χ0) is 12.6. The van der Waals surface area contributed by atoms with Crippen molar-refractivity contribution in [3.63, 3.8) is 0 Å². The Morgan fingerprint density at radius 2 is 2.18 bits per heavy atom. The van der Waals surface area contributed by atoms with Crippen LogP contribution in [0.25, 0.3) is 0 Å². The van der Waals surface area contributed by atoms with Crippen molar-refractivity contribution >= 4 is 0 Å². The van der Waals surface area contributed by atoms with Gasteiger partial charge >= 0.3 is 0 Å². The van der Waals surface area contributed by atoms with Gasteiger partial charge in [0.2, 0.25) is 0 Å². The summed E-state index contributed by atoms with van der Waals surface area (Å²) in [6.45, 7) is 6.01. The van der Waals surface area contributed by atoms with Crippen LogP contribution in [-0.2, 0) is 4.74 Å². The van der Waals surface area contributed by atoms with Crippen LogP contribution in [-0.4, -0.2) is 34.6 Å². The van der Waals surface area contributed by atoms with Gasteiger partial charge in [-0.3, -0.25) is 0 Å². The van der Waals surface area contributed by atoms with Crippen LogP contribution in [0.2, 0.25) is 0 Å². The maximum atomic E-state index is 9.88. The Morgan fingerprint density at radius 1 is 1.47 bits per heavy atom. The van der Waals surface area contributed by atoms with Crippen LogP contribution in [0, 0.1) is 11.8 Å². The number of fused-ring (bicyclic) bond motifs is 1. The predicted molar refractivity (Wildman–Crippen MR) is 66.6 cm³/mol. The molecule has 2 rings (SSSR count). The Hall–Kier alpha value is -0.380. The van der Waals surface area contributed by atoms with E-state index in [0.29, 0.717) is 18.3 Å². The van der Waals surface area contributed by atoms with Crippen LogP contribution < -0.4 is 0 Å². The van der Waals surface area contributed by atoms with E-state index in [0.717, 1.165) is 18.4 Å². The average Bonchev–Trinajstić information content (AvgIpc) is 2.20. The van der Waals surface area contributed by atoms with Crippen molar-refractivity contribution in [1.29, 1.82) is 0 Å². The van der Waals surface area contributed by atoms with Gasteiger partial charge in [-0.05, 0) is 50.5 Å². The highest BCUT2D eigenvalue weighted by Gasteiger charge is 2.39. The van der Waals surface area contributed by atoms with E-state index < -0.39 is 0 Å². The van der Waals surface area contributed by atoms with Gasteiger partial charge < -0.3 is 14.9 Å².